The van der Waals surface area contributed by atoms with Crippen LogP contribution in [0.1, 0.15) is 11.1 Å². The third kappa shape index (κ3) is 6.25. The number of hydrogen-bond donors (Lipinski definition) is 2. The first-order valence-corrected chi connectivity index (χ1v) is 10.9. The lowest BCUT2D eigenvalue weighted by atomic mass is 10.2. The first-order chi connectivity index (χ1) is 15.4. The molecule has 164 valence electrons. The molecule has 4 N–H and O–H groups in total. The van der Waals surface area contributed by atoms with Crippen molar-refractivity contribution >= 4 is 57.8 Å². The minimum atomic E-state index is -0.279. The Kier molecular flexibility index (Phi) is 7.74. The summed E-state index contributed by atoms with van der Waals surface area (Å²) in [5.41, 5.74) is 12.7. The topological polar surface area (TPSA) is 129 Å². The molecule has 2 aromatic carbocycles. The zero-order valence-electron chi connectivity index (χ0n) is 17.3. The summed E-state index contributed by atoms with van der Waals surface area (Å²) in [5, 5.41) is 0.592. The molecule has 8 nitrogen and oxygen atoms in total. The van der Waals surface area contributed by atoms with Crippen LogP contribution in [-0.2, 0) is 9.59 Å². The van der Waals surface area contributed by atoms with Crippen molar-refractivity contribution in [1.82, 2.24) is 0 Å². The number of nitrogens with two attached hydrogens (primary N) is 2. The van der Waals surface area contributed by atoms with Gasteiger partial charge in [-0.3, -0.25) is 9.59 Å². The lowest BCUT2D eigenvalue weighted by molar-refractivity contribution is -0.114. The van der Waals surface area contributed by atoms with Crippen molar-refractivity contribution in [1.29, 1.82) is 0 Å². The van der Waals surface area contributed by atoms with Crippen molar-refractivity contribution in [2.24, 2.45) is 21.5 Å². The predicted octanol–water partition coefficient (Wildman–Crippen LogP) is 3.25. The fourth-order valence-electron chi connectivity index (χ4n) is 2.55. The quantitative estimate of drug-likeness (QED) is 0.654. The Morgan fingerprint density at radius 3 is 1.28 bits per heavy atom. The van der Waals surface area contributed by atoms with E-state index in [1.165, 1.54) is 23.5 Å². The number of rotatable bonds is 4. The maximum atomic E-state index is 11.3. The molecule has 0 saturated carbocycles. The summed E-state index contributed by atoms with van der Waals surface area (Å²) in [6.45, 7) is 0. The number of amides is 2. The van der Waals surface area contributed by atoms with E-state index in [4.69, 9.17) is 20.9 Å². The third-order valence-corrected chi connectivity index (χ3v) is 5.73. The number of methoxy groups -OCH3 is 2. The predicted molar refractivity (Wildman–Crippen MR) is 130 cm³/mol. The molecule has 0 bridgehead atoms. The van der Waals surface area contributed by atoms with Gasteiger partial charge < -0.3 is 20.9 Å². The van der Waals surface area contributed by atoms with Gasteiger partial charge in [0.15, 0.2) is 10.3 Å². The van der Waals surface area contributed by atoms with Gasteiger partial charge in [-0.05, 0) is 71.1 Å². The lowest BCUT2D eigenvalue weighted by Gasteiger charge is -1.99. The van der Waals surface area contributed by atoms with E-state index >= 15 is 0 Å². The Morgan fingerprint density at radius 2 is 1.03 bits per heavy atom. The molecule has 0 atom stereocenters. The first kappa shape index (κ1) is 23.2. The van der Waals surface area contributed by atoms with Gasteiger partial charge in [0, 0.05) is 0 Å². The van der Waals surface area contributed by atoms with Crippen LogP contribution in [0.15, 0.2) is 68.3 Å². The molecule has 2 aliphatic rings. The second-order valence-corrected chi connectivity index (χ2v) is 8.40. The Morgan fingerprint density at radius 1 is 0.688 bits per heavy atom. The van der Waals surface area contributed by atoms with Crippen LogP contribution in [0, 0.1) is 0 Å². The number of nitrogens with zero attached hydrogens (tertiary/aromatic N) is 2. The summed E-state index contributed by atoms with van der Waals surface area (Å²) in [5.74, 6) is 1.00. The Bertz CT molecular complexity index is 1050. The largest absolute Gasteiger partial charge is 0.497 e. The number of carbonyl (C=O) groups is 2. The summed E-state index contributed by atoms with van der Waals surface area (Å²) >= 11 is 2.37. The number of ether oxygens (including phenoxy) is 2. The van der Waals surface area contributed by atoms with E-state index in [2.05, 4.69) is 9.98 Å². The highest BCUT2D eigenvalue weighted by Crippen LogP contribution is 2.27. The van der Waals surface area contributed by atoms with Crippen LogP contribution < -0.4 is 20.9 Å². The van der Waals surface area contributed by atoms with E-state index in [1.807, 2.05) is 48.5 Å². The molecule has 0 aromatic heterocycles. The summed E-state index contributed by atoms with van der Waals surface area (Å²) in [6.07, 6.45) is 3.52. The molecular weight excluding hydrogens is 448 g/mol. The molecule has 2 amide bonds. The molecule has 2 heterocycles. The molecule has 2 aromatic rings. The molecule has 0 saturated heterocycles. The molecule has 0 spiro atoms. The van der Waals surface area contributed by atoms with Crippen LogP contribution in [0.2, 0.25) is 0 Å². The molecular formula is C22H20N4O4S2. The van der Waals surface area contributed by atoms with Crippen molar-refractivity contribution < 1.29 is 19.1 Å². The van der Waals surface area contributed by atoms with E-state index in [0.717, 1.165) is 22.6 Å². The highest BCUT2D eigenvalue weighted by molar-refractivity contribution is 8.18. The fraction of sp³-hybridized carbons (Fsp3) is 0.0909. The SMILES string of the molecule is COc1ccc(/C=C2\SC(N)=NC2=O)cc1.COc1ccc(/C=C2\SC(N)=NC2=O)cc1. The monoisotopic (exact) mass is 468 g/mol. The van der Waals surface area contributed by atoms with Gasteiger partial charge in [-0.1, -0.05) is 24.3 Å². The van der Waals surface area contributed by atoms with Gasteiger partial charge in [0.05, 0.1) is 24.0 Å². The van der Waals surface area contributed by atoms with E-state index in [1.54, 1.807) is 26.4 Å². The number of amidine groups is 2. The summed E-state index contributed by atoms with van der Waals surface area (Å²) in [6, 6.07) is 14.8. The summed E-state index contributed by atoms with van der Waals surface area (Å²) < 4.78 is 10.1. The Balaban J connectivity index is 0.000000181. The molecule has 32 heavy (non-hydrogen) atoms. The second kappa shape index (κ2) is 10.7. The summed E-state index contributed by atoms with van der Waals surface area (Å²) in [7, 11) is 3.22. The summed E-state index contributed by atoms with van der Waals surface area (Å²) in [4.78, 5) is 31.0. The molecule has 4 rings (SSSR count). The van der Waals surface area contributed by atoms with Crippen molar-refractivity contribution in [3.05, 3.63) is 69.5 Å². The zero-order chi connectivity index (χ0) is 23.1. The van der Waals surface area contributed by atoms with E-state index < -0.39 is 0 Å². The highest BCUT2D eigenvalue weighted by Gasteiger charge is 2.20. The second-order valence-electron chi connectivity index (χ2n) is 6.28. The van der Waals surface area contributed by atoms with Gasteiger partial charge in [-0.25, -0.2) is 0 Å². The smallest absolute Gasteiger partial charge is 0.286 e. The van der Waals surface area contributed by atoms with Gasteiger partial charge in [-0.15, -0.1) is 0 Å². The van der Waals surface area contributed by atoms with Crippen LogP contribution in [0.25, 0.3) is 12.2 Å². The lowest BCUT2D eigenvalue weighted by Crippen LogP contribution is -2.01. The number of carbonyl (C=O) groups excluding carboxylic acids is 2. The maximum absolute atomic E-state index is 11.3. The van der Waals surface area contributed by atoms with Crippen LogP contribution >= 0.6 is 23.5 Å². The Labute approximate surface area is 193 Å². The minimum absolute atomic E-state index is 0.279. The number of hydrogen-bond acceptors (Lipinski definition) is 8. The minimum Gasteiger partial charge on any atom is -0.497 e. The molecule has 0 radical (unpaired) electrons. The number of benzene rings is 2. The fourth-order valence-corrected chi connectivity index (χ4v) is 3.92. The van der Waals surface area contributed by atoms with Crippen LogP contribution in [0.3, 0.4) is 0 Å². The van der Waals surface area contributed by atoms with Crippen LogP contribution in [0.4, 0.5) is 0 Å². The van der Waals surface area contributed by atoms with Gasteiger partial charge in [-0.2, -0.15) is 9.98 Å². The zero-order valence-corrected chi connectivity index (χ0v) is 18.9. The van der Waals surface area contributed by atoms with Crippen LogP contribution in [0.5, 0.6) is 11.5 Å². The van der Waals surface area contributed by atoms with Crippen molar-refractivity contribution in [3.8, 4) is 11.5 Å². The third-order valence-electron chi connectivity index (χ3n) is 4.10. The number of thioether (sulfide) groups is 2. The standard InChI is InChI=1S/2C11H10N2O2S/c2*1-15-8-4-2-7(3-5-8)6-9-10(14)13-11(12)16-9/h2*2-6H,1H3,(H2,12,13,14)/b2*9-6-. The van der Waals surface area contributed by atoms with Crippen molar-refractivity contribution in [2.75, 3.05) is 14.2 Å². The van der Waals surface area contributed by atoms with Crippen LogP contribution in [-0.4, -0.2) is 36.4 Å². The number of aliphatic imine (C=N–C) groups is 2. The van der Waals surface area contributed by atoms with Gasteiger partial charge in [0.25, 0.3) is 11.8 Å². The normalized spacial score (nSPS) is 17.7. The molecule has 0 aliphatic carbocycles. The maximum Gasteiger partial charge on any atom is 0.286 e. The average Bonchev–Trinajstić information content (AvgIpc) is 3.28. The Hall–Kier alpha value is -3.50. The van der Waals surface area contributed by atoms with Crippen molar-refractivity contribution in [3.63, 3.8) is 0 Å². The molecule has 2 aliphatic heterocycles. The van der Waals surface area contributed by atoms with Crippen molar-refractivity contribution in [2.45, 2.75) is 0 Å². The van der Waals surface area contributed by atoms with Gasteiger partial charge in [0.1, 0.15) is 11.5 Å². The molecule has 10 heteroatoms. The van der Waals surface area contributed by atoms with E-state index in [-0.39, 0.29) is 11.8 Å². The molecule has 0 unspecified atom stereocenters. The average molecular weight is 469 g/mol. The van der Waals surface area contributed by atoms with E-state index in [0.29, 0.717) is 20.1 Å². The van der Waals surface area contributed by atoms with Gasteiger partial charge in [0.2, 0.25) is 0 Å². The van der Waals surface area contributed by atoms with Gasteiger partial charge >= 0.3 is 0 Å². The highest BCUT2D eigenvalue weighted by atomic mass is 32.2. The van der Waals surface area contributed by atoms with E-state index in [9.17, 15) is 9.59 Å². The molecule has 0 fully saturated rings. The first-order valence-electron chi connectivity index (χ1n) is 9.22.